The smallest absolute Gasteiger partial charge is 0.387 e. The highest BCUT2D eigenvalue weighted by Crippen LogP contribution is 2.37. The van der Waals surface area contributed by atoms with Crippen LogP contribution in [-0.4, -0.2) is 20.0 Å². The molecule has 6 nitrogen and oxygen atoms in total. The maximum absolute atomic E-state index is 12.2. The van der Waals surface area contributed by atoms with Crippen molar-refractivity contribution >= 4 is 25.4 Å². The van der Waals surface area contributed by atoms with Gasteiger partial charge in [-0.05, 0) is 12.5 Å². The summed E-state index contributed by atoms with van der Waals surface area (Å²) in [5.74, 6) is -0.715. The van der Waals surface area contributed by atoms with Crippen LogP contribution < -0.4 is 4.74 Å². The van der Waals surface area contributed by atoms with Crippen LogP contribution in [-0.2, 0) is 15.5 Å². The lowest BCUT2D eigenvalue weighted by Gasteiger charge is -2.12. The molecule has 19 heavy (non-hydrogen) atoms. The van der Waals surface area contributed by atoms with Crippen molar-refractivity contribution in [3.05, 3.63) is 27.8 Å². The topological polar surface area (TPSA) is 86.5 Å². The van der Waals surface area contributed by atoms with E-state index >= 15 is 0 Å². The third-order valence-corrected chi connectivity index (χ3v) is 3.61. The monoisotopic (exact) mass is 315 g/mol. The van der Waals surface area contributed by atoms with Gasteiger partial charge < -0.3 is 4.74 Å². The quantitative estimate of drug-likeness (QED) is 0.473. The largest absolute Gasteiger partial charge is 0.433 e. The number of nitro benzene ring substituents is 1. The van der Waals surface area contributed by atoms with Crippen molar-refractivity contribution in [2.24, 2.45) is 0 Å². The maximum atomic E-state index is 12.2. The molecule has 106 valence electrons. The molecular weight excluding hydrogens is 308 g/mol. The summed E-state index contributed by atoms with van der Waals surface area (Å²) in [5, 5.41) is 10.8. The maximum Gasteiger partial charge on any atom is 0.387 e. The molecule has 10 heteroatoms. The normalized spacial score (nSPS) is 11.6. The van der Waals surface area contributed by atoms with Gasteiger partial charge in [0.1, 0.15) is 10.6 Å². The summed E-state index contributed by atoms with van der Waals surface area (Å²) in [7, 11) is 0.664. The molecule has 0 amide bonds. The number of benzene rings is 1. The van der Waals surface area contributed by atoms with E-state index in [0.717, 1.165) is 12.1 Å². The van der Waals surface area contributed by atoms with Crippen LogP contribution in [0.1, 0.15) is 12.5 Å². The van der Waals surface area contributed by atoms with Crippen LogP contribution in [0.2, 0.25) is 0 Å². The van der Waals surface area contributed by atoms with Gasteiger partial charge in [0.05, 0.1) is 10.5 Å². The van der Waals surface area contributed by atoms with Gasteiger partial charge in [0.25, 0.3) is 14.7 Å². The van der Waals surface area contributed by atoms with Crippen LogP contribution in [0.5, 0.6) is 5.75 Å². The Labute approximate surface area is 111 Å². The van der Waals surface area contributed by atoms with E-state index in [1.54, 1.807) is 0 Å². The zero-order chi connectivity index (χ0) is 14.8. The summed E-state index contributed by atoms with van der Waals surface area (Å²) in [6.45, 7) is -1.84. The van der Waals surface area contributed by atoms with Gasteiger partial charge in [-0.2, -0.15) is 8.78 Å². The van der Waals surface area contributed by atoms with Crippen LogP contribution in [0, 0.1) is 10.1 Å². The first-order valence-electron chi connectivity index (χ1n) is 4.88. The molecule has 0 saturated heterocycles. The molecule has 0 spiro atoms. The van der Waals surface area contributed by atoms with Gasteiger partial charge in [-0.25, -0.2) is 8.42 Å². The van der Waals surface area contributed by atoms with Gasteiger partial charge in [0, 0.05) is 16.7 Å². The zero-order valence-electron chi connectivity index (χ0n) is 9.47. The fourth-order valence-electron chi connectivity index (χ4n) is 1.56. The molecule has 1 rings (SSSR count). The standard InChI is InChI=1S/C9H8ClF2NO5S/c1-2-5-6(13(14)15)3-4-7(18-9(11)12)8(5)19(10,16)17/h3-4,9H,2H2,1H3. The van der Waals surface area contributed by atoms with Gasteiger partial charge in [0.15, 0.2) is 0 Å². The number of alkyl halides is 2. The summed E-state index contributed by atoms with van der Waals surface area (Å²) in [5.41, 5.74) is -0.804. The Hall–Kier alpha value is -1.48. The third-order valence-electron chi connectivity index (χ3n) is 2.21. The Morgan fingerprint density at radius 2 is 2.05 bits per heavy atom. The molecule has 0 saturated carbocycles. The number of rotatable bonds is 5. The van der Waals surface area contributed by atoms with E-state index in [4.69, 9.17) is 10.7 Å². The van der Waals surface area contributed by atoms with Crippen LogP contribution in [0.3, 0.4) is 0 Å². The number of nitro groups is 1. The first-order valence-corrected chi connectivity index (χ1v) is 7.19. The van der Waals surface area contributed by atoms with Crippen molar-refractivity contribution in [1.82, 2.24) is 0 Å². The Balaban J connectivity index is 3.66. The van der Waals surface area contributed by atoms with Gasteiger partial charge in [0.2, 0.25) is 0 Å². The van der Waals surface area contributed by atoms with Crippen molar-refractivity contribution < 1.29 is 26.9 Å². The Morgan fingerprint density at radius 1 is 1.47 bits per heavy atom. The molecule has 0 unspecified atom stereocenters. The number of halogens is 3. The molecule has 0 aliphatic rings. The van der Waals surface area contributed by atoms with Crippen molar-refractivity contribution in [3.8, 4) is 5.75 Å². The van der Waals surface area contributed by atoms with Crippen LogP contribution in [0.15, 0.2) is 17.0 Å². The van der Waals surface area contributed by atoms with Gasteiger partial charge >= 0.3 is 6.61 Å². The Kier molecular flexibility index (Phi) is 4.64. The molecule has 1 aromatic rings. The molecule has 0 bridgehead atoms. The number of hydrogen-bond acceptors (Lipinski definition) is 5. The Morgan fingerprint density at radius 3 is 2.42 bits per heavy atom. The SMILES string of the molecule is CCc1c([N+](=O)[O-])ccc(OC(F)F)c1S(=O)(=O)Cl. The predicted octanol–water partition coefficient (Wildman–Crippen LogP) is 2.69. The van der Waals surface area contributed by atoms with Crippen LogP contribution in [0.25, 0.3) is 0 Å². The van der Waals surface area contributed by atoms with Gasteiger partial charge in [-0.1, -0.05) is 6.92 Å². The van der Waals surface area contributed by atoms with Crippen LogP contribution in [0.4, 0.5) is 14.5 Å². The molecule has 0 aliphatic heterocycles. The Bertz CT molecular complexity index is 605. The van der Waals surface area contributed by atoms with Crippen LogP contribution >= 0.6 is 10.7 Å². The van der Waals surface area contributed by atoms with E-state index in [2.05, 4.69) is 4.74 Å². The molecular formula is C9H8ClF2NO5S. The highest BCUT2D eigenvalue weighted by Gasteiger charge is 2.29. The minimum absolute atomic E-state index is 0.0853. The molecule has 0 atom stereocenters. The lowest BCUT2D eigenvalue weighted by Crippen LogP contribution is -2.09. The lowest BCUT2D eigenvalue weighted by molar-refractivity contribution is -0.385. The van der Waals surface area contributed by atoms with Crippen molar-refractivity contribution in [2.75, 3.05) is 0 Å². The van der Waals surface area contributed by atoms with E-state index < -0.39 is 36.9 Å². The predicted molar refractivity (Wildman–Crippen MR) is 62.1 cm³/mol. The highest BCUT2D eigenvalue weighted by atomic mass is 35.7. The first-order chi connectivity index (χ1) is 8.68. The minimum Gasteiger partial charge on any atom is -0.433 e. The number of ether oxygens (including phenoxy) is 1. The molecule has 0 radical (unpaired) electrons. The van der Waals surface area contributed by atoms with Crippen molar-refractivity contribution in [2.45, 2.75) is 24.9 Å². The van der Waals surface area contributed by atoms with E-state index in [0.29, 0.717) is 0 Å². The van der Waals surface area contributed by atoms with E-state index in [1.807, 2.05) is 0 Å². The second-order valence-corrected chi connectivity index (χ2v) is 5.82. The highest BCUT2D eigenvalue weighted by molar-refractivity contribution is 8.13. The van der Waals surface area contributed by atoms with Gasteiger partial charge in [-0.15, -0.1) is 0 Å². The molecule has 0 fully saturated rings. The lowest BCUT2D eigenvalue weighted by atomic mass is 10.1. The van der Waals surface area contributed by atoms with E-state index in [1.165, 1.54) is 6.92 Å². The summed E-state index contributed by atoms with van der Waals surface area (Å²) in [6.07, 6.45) is -0.0853. The van der Waals surface area contributed by atoms with Crippen molar-refractivity contribution in [3.63, 3.8) is 0 Å². The summed E-state index contributed by atoms with van der Waals surface area (Å²) >= 11 is 0. The van der Waals surface area contributed by atoms with Crippen molar-refractivity contribution in [1.29, 1.82) is 0 Å². The average molecular weight is 316 g/mol. The summed E-state index contributed by atoms with van der Waals surface area (Å²) in [4.78, 5) is 9.15. The van der Waals surface area contributed by atoms with E-state index in [9.17, 15) is 27.3 Å². The van der Waals surface area contributed by atoms with Gasteiger partial charge in [-0.3, -0.25) is 10.1 Å². The fraction of sp³-hybridized carbons (Fsp3) is 0.333. The second kappa shape index (κ2) is 5.66. The number of nitrogens with zero attached hydrogens (tertiary/aromatic N) is 1. The first kappa shape index (κ1) is 15.6. The summed E-state index contributed by atoms with van der Waals surface area (Å²) < 4.78 is 51.2. The summed E-state index contributed by atoms with van der Waals surface area (Å²) in [6, 6.07) is 1.67. The molecule has 1 aromatic carbocycles. The second-order valence-electron chi connectivity index (χ2n) is 3.32. The van der Waals surface area contributed by atoms with E-state index in [-0.39, 0.29) is 12.0 Å². The molecule has 0 aliphatic carbocycles. The molecule has 0 aromatic heterocycles. The minimum atomic E-state index is -4.47. The number of hydrogen-bond donors (Lipinski definition) is 0. The average Bonchev–Trinajstić information content (AvgIpc) is 2.25. The molecule has 0 N–H and O–H groups in total. The zero-order valence-corrected chi connectivity index (χ0v) is 11.0. The fourth-order valence-corrected chi connectivity index (χ4v) is 2.97. The molecule has 0 heterocycles. The third kappa shape index (κ3) is 3.51.